The smallest absolute Gasteiger partial charge is 0.390 e. The van der Waals surface area contributed by atoms with Gasteiger partial charge >= 0.3 is 6.18 Å². The maximum atomic E-state index is 13.6. The normalized spacial score (nSPS) is 15.1. The van der Waals surface area contributed by atoms with Gasteiger partial charge in [0.1, 0.15) is 11.6 Å². The van der Waals surface area contributed by atoms with Crippen molar-refractivity contribution in [2.75, 3.05) is 31.1 Å². The number of halogens is 4. The van der Waals surface area contributed by atoms with E-state index in [9.17, 15) is 32.0 Å². The number of benzene rings is 2. The second-order valence-electron chi connectivity index (χ2n) is 12.0. The van der Waals surface area contributed by atoms with E-state index >= 15 is 0 Å². The summed E-state index contributed by atoms with van der Waals surface area (Å²) in [6, 6.07) is 12.3. The lowest BCUT2D eigenvalue weighted by Crippen LogP contribution is -2.40. The molecule has 0 fully saturated rings. The van der Waals surface area contributed by atoms with Crippen molar-refractivity contribution in [3.8, 4) is 5.75 Å². The van der Waals surface area contributed by atoms with Gasteiger partial charge in [0.25, 0.3) is 0 Å². The van der Waals surface area contributed by atoms with Gasteiger partial charge in [0.15, 0.2) is 0 Å². The van der Waals surface area contributed by atoms with Gasteiger partial charge in [-0.25, -0.2) is 4.39 Å². The fourth-order valence-corrected chi connectivity index (χ4v) is 6.81. The molecule has 1 atom stereocenters. The molecule has 2 aromatic rings. The quantitative estimate of drug-likeness (QED) is 0.150. The summed E-state index contributed by atoms with van der Waals surface area (Å²) in [5.41, 5.74) is 4.94. The average Bonchev–Trinajstić information content (AvgIpc) is 3.07. The topological polar surface area (TPSA) is 60.8 Å². The van der Waals surface area contributed by atoms with E-state index in [0.717, 1.165) is 74.6 Å². The zero-order valence-electron chi connectivity index (χ0n) is 24.8. The molecule has 0 heterocycles. The van der Waals surface area contributed by atoms with Crippen molar-refractivity contribution in [2.45, 2.75) is 89.8 Å². The Bertz CT molecular complexity index is 1190. The van der Waals surface area contributed by atoms with Crippen LogP contribution in [0.5, 0.6) is 5.75 Å². The molecule has 0 saturated heterocycles. The number of aromatic hydroxyl groups is 1. The molecule has 234 valence electrons. The van der Waals surface area contributed by atoms with Crippen molar-refractivity contribution in [1.29, 1.82) is 0 Å². The van der Waals surface area contributed by atoms with Crippen molar-refractivity contribution >= 4 is 21.9 Å². The molecular weight excluding hydrogens is 566 g/mol. The van der Waals surface area contributed by atoms with Crippen LogP contribution in [-0.4, -0.2) is 62.2 Å². The highest BCUT2D eigenvalue weighted by atomic mass is 32.2. The van der Waals surface area contributed by atoms with Gasteiger partial charge in [0.2, 0.25) is 0 Å². The fourth-order valence-electron chi connectivity index (χ4n) is 5.69. The Kier molecular flexibility index (Phi) is 13.1. The lowest BCUT2D eigenvalue weighted by Gasteiger charge is -2.29. The minimum atomic E-state index is -4.29. The highest BCUT2D eigenvalue weighted by molar-refractivity contribution is 7.84. The molecule has 0 bridgehead atoms. The third-order valence-electron chi connectivity index (χ3n) is 7.57. The van der Waals surface area contributed by atoms with Crippen LogP contribution < -0.4 is 0 Å². The first kappa shape index (κ1) is 34.3. The van der Waals surface area contributed by atoms with Crippen LogP contribution in [0.2, 0.25) is 0 Å². The lowest BCUT2D eigenvalue weighted by atomic mass is 9.89. The van der Waals surface area contributed by atoms with E-state index in [0.29, 0.717) is 19.5 Å². The van der Waals surface area contributed by atoms with E-state index in [1.165, 1.54) is 23.3 Å². The standard InChI is InChI=1S/C33H45F4NO3S/c1-32(2,40)24-38(20-8-21-42(41)22-18-33(35,36)37)19-6-4-3-5-10-31-29(25-12-14-27(34)15-13-25)11-7-9-26-23-28(39)16-17-30(26)31/h12-17,23,39-40H,3-11,18-22,24H2,1-2H3. The van der Waals surface area contributed by atoms with Gasteiger partial charge in [-0.2, -0.15) is 13.2 Å². The van der Waals surface area contributed by atoms with Crippen molar-refractivity contribution < 1.29 is 32.0 Å². The van der Waals surface area contributed by atoms with Crippen LogP contribution in [-0.2, 0) is 17.2 Å². The molecule has 0 aliphatic heterocycles. The van der Waals surface area contributed by atoms with Crippen molar-refractivity contribution in [1.82, 2.24) is 4.90 Å². The first-order chi connectivity index (χ1) is 19.8. The Balaban J connectivity index is 1.55. The molecule has 3 rings (SSSR count). The second-order valence-corrected chi connectivity index (χ2v) is 13.7. The predicted molar refractivity (Wildman–Crippen MR) is 163 cm³/mol. The molecule has 0 amide bonds. The third-order valence-corrected chi connectivity index (χ3v) is 8.97. The molecule has 1 aliphatic rings. The molecule has 2 aromatic carbocycles. The van der Waals surface area contributed by atoms with E-state index < -0.39 is 29.0 Å². The molecule has 0 spiro atoms. The van der Waals surface area contributed by atoms with E-state index in [2.05, 4.69) is 4.90 Å². The number of alkyl halides is 3. The fraction of sp³-hybridized carbons (Fsp3) is 0.576. The van der Waals surface area contributed by atoms with Gasteiger partial charge in [0, 0.05) is 28.9 Å². The summed E-state index contributed by atoms with van der Waals surface area (Å²) in [6.45, 7) is 5.25. The van der Waals surface area contributed by atoms with Crippen LogP contribution >= 0.6 is 0 Å². The Hall–Kier alpha value is -2.23. The molecule has 0 radical (unpaired) electrons. The van der Waals surface area contributed by atoms with Gasteiger partial charge in [-0.1, -0.05) is 31.0 Å². The Morgan fingerprint density at radius 3 is 2.29 bits per heavy atom. The molecule has 1 unspecified atom stereocenters. The summed E-state index contributed by atoms with van der Waals surface area (Å²) in [7, 11) is -1.50. The number of unbranched alkanes of at least 4 members (excludes halogenated alkanes) is 3. The number of aliphatic hydroxyl groups is 1. The molecule has 2 N–H and O–H groups in total. The van der Waals surface area contributed by atoms with Gasteiger partial charge in [-0.05, 0) is 124 Å². The highest BCUT2D eigenvalue weighted by Gasteiger charge is 2.27. The highest BCUT2D eigenvalue weighted by Crippen LogP contribution is 2.39. The van der Waals surface area contributed by atoms with Crippen LogP contribution in [0, 0.1) is 5.82 Å². The number of phenolic OH excluding ortho intramolecular Hbond substituents is 1. The van der Waals surface area contributed by atoms with Gasteiger partial charge in [-0.3, -0.25) is 4.21 Å². The Labute approximate surface area is 250 Å². The second kappa shape index (κ2) is 16.0. The average molecular weight is 612 g/mol. The minimum Gasteiger partial charge on any atom is -0.508 e. The van der Waals surface area contributed by atoms with Crippen molar-refractivity contribution in [3.05, 3.63) is 65.0 Å². The zero-order chi connectivity index (χ0) is 30.8. The van der Waals surface area contributed by atoms with Crippen molar-refractivity contribution in [2.24, 2.45) is 0 Å². The van der Waals surface area contributed by atoms with Crippen LogP contribution in [0.15, 0.2) is 42.5 Å². The van der Waals surface area contributed by atoms with Gasteiger partial charge < -0.3 is 15.1 Å². The summed E-state index contributed by atoms with van der Waals surface area (Å²) < 4.78 is 62.8. The summed E-state index contributed by atoms with van der Waals surface area (Å²) in [6.07, 6.45) is 2.71. The first-order valence-corrected chi connectivity index (χ1v) is 16.5. The van der Waals surface area contributed by atoms with Crippen LogP contribution in [0.4, 0.5) is 17.6 Å². The number of aryl methyl sites for hydroxylation is 1. The van der Waals surface area contributed by atoms with Crippen LogP contribution in [0.1, 0.15) is 88.3 Å². The van der Waals surface area contributed by atoms with Crippen molar-refractivity contribution in [3.63, 3.8) is 0 Å². The minimum absolute atomic E-state index is 0.225. The molecule has 4 nitrogen and oxygen atoms in total. The number of allylic oxidation sites excluding steroid dienone is 2. The number of phenols is 1. The Morgan fingerprint density at radius 1 is 0.905 bits per heavy atom. The molecule has 42 heavy (non-hydrogen) atoms. The Morgan fingerprint density at radius 2 is 1.60 bits per heavy atom. The summed E-state index contributed by atoms with van der Waals surface area (Å²) in [5.74, 6) is -0.127. The maximum Gasteiger partial charge on any atom is 0.390 e. The molecule has 0 aromatic heterocycles. The predicted octanol–water partition coefficient (Wildman–Crippen LogP) is 7.89. The number of hydrogen-bond donors (Lipinski definition) is 2. The number of fused-ring (bicyclic) bond motifs is 1. The van der Waals surface area contributed by atoms with Gasteiger partial charge in [-0.15, -0.1) is 0 Å². The summed E-state index contributed by atoms with van der Waals surface area (Å²) >= 11 is 0. The summed E-state index contributed by atoms with van der Waals surface area (Å²) in [5, 5.41) is 20.4. The molecular formula is C33H45F4NO3S. The largest absolute Gasteiger partial charge is 0.508 e. The van der Waals surface area contributed by atoms with Crippen LogP contribution in [0.3, 0.4) is 0 Å². The number of hydrogen-bond acceptors (Lipinski definition) is 4. The molecule has 1 aliphatic carbocycles. The van der Waals surface area contributed by atoms with Crippen LogP contribution in [0.25, 0.3) is 11.1 Å². The summed E-state index contributed by atoms with van der Waals surface area (Å²) in [4.78, 5) is 2.12. The zero-order valence-corrected chi connectivity index (χ0v) is 25.6. The monoisotopic (exact) mass is 611 g/mol. The lowest BCUT2D eigenvalue weighted by molar-refractivity contribution is -0.129. The third kappa shape index (κ3) is 12.2. The number of rotatable bonds is 16. The molecule has 9 heteroatoms. The van der Waals surface area contributed by atoms with E-state index in [1.54, 1.807) is 19.9 Å². The maximum absolute atomic E-state index is 13.6. The van der Waals surface area contributed by atoms with E-state index in [1.807, 2.05) is 24.3 Å². The van der Waals surface area contributed by atoms with Gasteiger partial charge in [0.05, 0.1) is 12.0 Å². The first-order valence-electron chi connectivity index (χ1n) is 15.0. The van der Waals surface area contributed by atoms with E-state index in [-0.39, 0.29) is 23.1 Å². The van der Waals surface area contributed by atoms with E-state index in [4.69, 9.17) is 0 Å². The molecule has 0 saturated carbocycles. The number of nitrogens with zero attached hydrogens (tertiary/aromatic N) is 1. The SMILES string of the molecule is CC(C)(O)CN(CCCCCCC1=C(c2ccc(F)cc2)CCCc2cc(O)ccc21)CCCS(=O)CCC(F)(F)F.